The number of esters is 1. The molecule has 0 radical (unpaired) electrons. The zero-order valence-electron chi connectivity index (χ0n) is 31.5. The fourth-order valence-electron chi connectivity index (χ4n) is 6.52. The van der Waals surface area contributed by atoms with E-state index in [4.69, 9.17) is 32.8 Å². The standard InChI is InChI=1S/C44H47NO8Si/c1-44(2,3)54(39-17-11-7-12-18-39,40-19-13-8-14-20-40)52-31-36-30-38(50-24-23-45)29-35(42(36)48-5)27-34-28-37(53-43(46)33-15-9-6-10-16-33)21-22-41(34)51-32-49-26-25-47-4/h6-22,28-30H,24-27,31-32H2,1-5H3. The monoisotopic (exact) mass is 745 g/mol. The van der Waals surface area contributed by atoms with Gasteiger partial charge in [0.2, 0.25) is 0 Å². The predicted octanol–water partition coefficient (Wildman–Crippen LogP) is 7.48. The van der Waals surface area contributed by atoms with Gasteiger partial charge in [-0.05, 0) is 57.9 Å². The van der Waals surface area contributed by atoms with Crippen molar-refractivity contribution >= 4 is 24.7 Å². The minimum atomic E-state index is -2.93. The van der Waals surface area contributed by atoms with Gasteiger partial charge in [-0.3, -0.25) is 0 Å². The maximum atomic E-state index is 13.0. The highest BCUT2D eigenvalue weighted by molar-refractivity contribution is 6.99. The number of methoxy groups -OCH3 is 2. The van der Waals surface area contributed by atoms with E-state index < -0.39 is 14.3 Å². The van der Waals surface area contributed by atoms with E-state index in [9.17, 15) is 10.1 Å². The van der Waals surface area contributed by atoms with Gasteiger partial charge in [-0.15, -0.1) is 0 Å². The summed E-state index contributed by atoms with van der Waals surface area (Å²) >= 11 is 0. The third-order valence-electron chi connectivity index (χ3n) is 8.95. The number of carbonyl (C=O) groups excluding carboxylic acids is 1. The van der Waals surface area contributed by atoms with Gasteiger partial charge in [0.15, 0.2) is 13.4 Å². The zero-order valence-corrected chi connectivity index (χ0v) is 32.5. The molecule has 280 valence electrons. The predicted molar refractivity (Wildman–Crippen MR) is 210 cm³/mol. The van der Waals surface area contributed by atoms with Gasteiger partial charge in [0.05, 0.1) is 32.5 Å². The van der Waals surface area contributed by atoms with Gasteiger partial charge in [-0.25, -0.2) is 4.79 Å². The van der Waals surface area contributed by atoms with Crippen LogP contribution in [0.5, 0.6) is 23.0 Å². The quantitative estimate of drug-likeness (QED) is 0.0297. The molecular formula is C44H47NO8Si. The maximum Gasteiger partial charge on any atom is 0.343 e. The molecule has 0 fully saturated rings. The van der Waals surface area contributed by atoms with Crippen LogP contribution < -0.4 is 29.3 Å². The summed E-state index contributed by atoms with van der Waals surface area (Å²) in [6.07, 6.45) is 0.295. The average molecular weight is 746 g/mol. The topological polar surface area (TPSA) is 105 Å². The van der Waals surface area contributed by atoms with E-state index in [-0.39, 0.29) is 25.0 Å². The van der Waals surface area contributed by atoms with Crippen LogP contribution in [0.2, 0.25) is 5.04 Å². The third-order valence-corrected chi connectivity index (χ3v) is 13.9. The summed E-state index contributed by atoms with van der Waals surface area (Å²) in [5.41, 5.74) is 2.65. The fourth-order valence-corrected chi connectivity index (χ4v) is 11.0. The summed E-state index contributed by atoms with van der Waals surface area (Å²) in [5, 5.41) is 11.5. The Morgan fingerprint density at radius 3 is 1.93 bits per heavy atom. The number of benzene rings is 5. The van der Waals surface area contributed by atoms with Crippen LogP contribution in [0.1, 0.15) is 47.8 Å². The highest BCUT2D eigenvalue weighted by atomic mass is 28.4. The summed E-state index contributed by atoms with van der Waals surface area (Å²) in [6.45, 7) is 7.53. The molecule has 0 aromatic heterocycles. The molecule has 0 bridgehead atoms. The van der Waals surface area contributed by atoms with E-state index in [0.29, 0.717) is 53.8 Å². The van der Waals surface area contributed by atoms with Crippen LogP contribution in [0.3, 0.4) is 0 Å². The number of ether oxygens (including phenoxy) is 6. The second kappa shape index (κ2) is 19.1. The van der Waals surface area contributed by atoms with Gasteiger partial charge in [-0.2, -0.15) is 5.26 Å². The number of hydrogen-bond acceptors (Lipinski definition) is 9. The molecule has 5 rings (SSSR count). The molecule has 0 amide bonds. The molecule has 0 heterocycles. The van der Waals surface area contributed by atoms with Gasteiger partial charge in [0, 0.05) is 30.2 Å². The SMILES string of the molecule is COCCOCOc1ccc(OC(=O)c2ccccc2)cc1Cc1cc(OCC#N)cc(CO[Si](c2ccccc2)(c2ccccc2)C(C)(C)C)c1OC. The van der Waals surface area contributed by atoms with Crippen molar-refractivity contribution < 1.29 is 37.6 Å². The molecule has 9 nitrogen and oxygen atoms in total. The lowest BCUT2D eigenvalue weighted by molar-refractivity contribution is -0.00885. The number of hydrogen-bond donors (Lipinski definition) is 0. The molecule has 0 aliphatic carbocycles. The first-order chi connectivity index (χ1) is 26.2. The molecule has 0 atom stereocenters. The number of carbonyl (C=O) groups is 1. The minimum Gasteiger partial charge on any atom is -0.496 e. The van der Waals surface area contributed by atoms with E-state index in [1.165, 1.54) is 0 Å². The van der Waals surface area contributed by atoms with Gasteiger partial charge in [0.25, 0.3) is 8.32 Å². The number of rotatable bonds is 18. The Labute approximate surface area is 319 Å². The molecule has 0 aliphatic rings. The first kappa shape index (κ1) is 39.8. The Kier molecular flexibility index (Phi) is 14.0. The molecule has 0 unspecified atom stereocenters. The fraction of sp³-hybridized carbons (Fsp3) is 0.273. The molecule has 0 spiro atoms. The van der Waals surface area contributed by atoms with Crippen molar-refractivity contribution in [2.75, 3.05) is 40.8 Å². The lowest BCUT2D eigenvalue weighted by atomic mass is 9.99. The Bertz CT molecular complexity index is 1950. The molecule has 5 aromatic carbocycles. The smallest absolute Gasteiger partial charge is 0.343 e. The van der Waals surface area contributed by atoms with Crippen molar-refractivity contribution in [1.29, 1.82) is 5.26 Å². The molecule has 5 aromatic rings. The van der Waals surface area contributed by atoms with Gasteiger partial charge in [0.1, 0.15) is 29.1 Å². The summed E-state index contributed by atoms with van der Waals surface area (Å²) in [4.78, 5) is 13.0. The largest absolute Gasteiger partial charge is 0.496 e. The molecule has 10 heteroatoms. The van der Waals surface area contributed by atoms with Crippen LogP contribution in [0.15, 0.2) is 121 Å². The molecule has 0 N–H and O–H groups in total. The Morgan fingerprint density at radius 2 is 1.33 bits per heavy atom. The van der Waals surface area contributed by atoms with Crippen LogP contribution >= 0.6 is 0 Å². The van der Waals surface area contributed by atoms with Crippen LogP contribution in [-0.4, -0.2) is 55.1 Å². The van der Waals surface area contributed by atoms with Crippen LogP contribution in [-0.2, 0) is 26.9 Å². The maximum absolute atomic E-state index is 13.0. The minimum absolute atomic E-state index is 0.0143. The Hall–Kier alpha value is -5.44. The Morgan fingerprint density at radius 1 is 0.722 bits per heavy atom. The summed E-state index contributed by atoms with van der Waals surface area (Å²) in [7, 11) is 0.303. The van der Waals surface area contributed by atoms with Crippen molar-refractivity contribution in [3.05, 3.63) is 144 Å². The molecule has 0 aliphatic heterocycles. The molecule has 54 heavy (non-hydrogen) atoms. The summed E-state index contributed by atoms with van der Waals surface area (Å²) < 4.78 is 41.9. The van der Waals surface area contributed by atoms with Crippen molar-refractivity contribution in [2.45, 2.75) is 38.8 Å². The first-order valence-electron chi connectivity index (χ1n) is 17.7. The lowest BCUT2D eigenvalue weighted by Crippen LogP contribution is -2.66. The van der Waals surface area contributed by atoms with Crippen LogP contribution in [0.4, 0.5) is 0 Å². The van der Waals surface area contributed by atoms with Crippen molar-refractivity contribution in [2.24, 2.45) is 0 Å². The zero-order chi connectivity index (χ0) is 38.4. The molecular weight excluding hydrogens is 699 g/mol. The van der Waals surface area contributed by atoms with Crippen molar-refractivity contribution in [1.82, 2.24) is 0 Å². The molecule has 0 saturated heterocycles. The van der Waals surface area contributed by atoms with Crippen molar-refractivity contribution in [3.63, 3.8) is 0 Å². The van der Waals surface area contributed by atoms with Crippen LogP contribution in [0, 0.1) is 11.3 Å². The van der Waals surface area contributed by atoms with E-state index >= 15 is 0 Å². The first-order valence-corrected chi connectivity index (χ1v) is 19.6. The summed E-state index contributed by atoms with van der Waals surface area (Å²) in [5.74, 6) is 1.49. The normalized spacial score (nSPS) is 11.4. The van der Waals surface area contributed by atoms with E-state index in [1.54, 1.807) is 56.7 Å². The van der Waals surface area contributed by atoms with E-state index in [0.717, 1.165) is 21.5 Å². The van der Waals surface area contributed by atoms with Gasteiger partial charge >= 0.3 is 5.97 Å². The number of nitrogens with zero attached hydrogens (tertiary/aromatic N) is 1. The van der Waals surface area contributed by atoms with Gasteiger partial charge in [-0.1, -0.05) is 99.6 Å². The second-order valence-electron chi connectivity index (χ2n) is 13.5. The highest BCUT2D eigenvalue weighted by Crippen LogP contribution is 2.40. The third kappa shape index (κ3) is 9.75. The summed E-state index contributed by atoms with van der Waals surface area (Å²) in [6, 6.07) is 40.6. The number of nitriles is 1. The highest BCUT2D eigenvalue weighted by Gasteiger charge is 2.50. The van der Waals surface area contributed by atoms with Gasteiger partial charge < -0.3 is 32.8 Å². The Balaban J connectivity index is 1.56. The second-order valence-corrected chi connectivity index (χ2v) is 17.8. The van der Waals surface area contributed by atoms with E-state index in [1.807, 2.05) is 30.3 Å². The van der Waals surface area contributed by atoms with Crippen molar-refractivity contribution in [3.8, 4) is 29.1 Å². The molecule has 0 saturated carbocycles. The average Bonchev–Trinajstić information content (AvgIpc) is 3.18. The van der Waals surface area contributed by atoms with Crippen LogP contribution in [0.25, 0.3) is 0 Å². The van der Waals surface area contributed by atoms with E-state index in [2.05, 4.69) is 75.4 Å². The lowest BCUT2D eigenvalue weighted by Gasteiger charge is -2.43.